The zero-order chi connectivity index (χ0) is 23.3. The smallest absolute Gasteiger partial charge is 0.241 e. The molecule has 0 aliphatic carbocycles. The van der Waals surface area contributed by atoms with Crippen LogP contribution in [0.25, 0.3) is 0 Å². The summed E-state index contributed by atoms with van der Waals surface area (Å²) in [5.41, 5.74) is 1.55. The SMILES string of the molecule is Cc1ccc(Nc2ncc(Br)c(N[C@H](C)CO)n2)cc1S(=O)(=O)NCc1cccc(F)c1. The molecular formula is C21H23BrFN5O3S. The molecule has 0 radical (unpaired) electrons. The van der Waals surface area contributed by atoms with Crippen LogP contribution in [0, 0.1) is 12.7 Å². The molecule has 0 fully saturated rings. The van der Waals surface area contributed by atoms with Crippen LogP contribution in [0.5, 0.6) is 0 Å². The number of halogens is 2. The molecule has 0 saturated carbocycles. The maximum Gasteiger partial charge on any atom is 0.241 e. The van der Waals surface area contributed by atoms with E-state index in [1.54, 1.807) is 38.2 Å². The van der Waals surface area contributed by atoms with Crippen LogP contribution in [0.1, 0.15) is 18.1 Å². The van der Waals surface area contributed by atoms with Gasteiger partial charge in [-0.25, -0.2) is 22.5 Å². The quantitative estimate of drug-likeness (QED) is 0.337. The molecule has 0 amide bonds. The van der Waals surface area contributed by atoms with Gasteiger partial charge in [-0.05, 0) is 65.2 Å². The molecule has 3 rings (SSSR count). The fourth-order valence-electron chi connectivity index (χ4n) is 2.81. The van der Waals surface area contributed by atoms with Gasteiger partial charge in [0.2, 0.25) is 16.0 Å². The number of aromatic nitrogens is 2. The lowest BCUT2D eigenvalue weighted by Crippen LogP contribution is -2.24. The van der Waals surface area contributed by atoms with Crippen molar-refractivity contribution in [3.8, 4) is 0 Å². The van der Waals surface area contributed by atoms with Crippen molar-refractivity contribution in [3.63, 3.8) is 0 Å². The van der Waals surface area contributed by atoms with Crippen molar-refractivity contribution in [3.05, 3.63) is 70.1 Å². The number of rotatable bonds is 9. The highest BCUT2D eigenvalue weighted by molar-refractivity contribution is 9.10. The van der Waals surface area contributed by atoms with Gasteiger partial charge in [-0.2, -0.15) is 4.98 Å². The van der Waals surface area contributed by atoms with Gasteiger partial charge in [0.1, 0.15) is 11.6 Å². The molecule has 1 aromatic heterocycles. The number of aliphatic hydroxyl groups excluding tert-OH is 1. The number of nitrogens with zero attached hydrogens (tertiary/aromatic N) is 2. The van der Waals surface area contributed by atoms with Gasteiger partial charge in [-0.3, -0.25) is 0 Å². The lowest BCUT2D eigenvalue weighted by molar-refractivity contribution is 0.281. The summed E-state index contributed by atoms with van der Waals surface area (Å²) in [6.07, 6.45) is 1.55. The van der Waals surface area contributed by atoms with E-state index in [-0.39, 0.29) is 30.0 Å². The predicted octanol–water partition coefficient (Wildman–Crippen LogP) is 3.70. The van der Waals surface area contributed by atoms with Gasteiger partial charge in [0.25, 0.3) is 0 Å². The van der Waals surface area contributed by atoms with Gasteiger partial charge in [-0.15, -0.1) is 0 Å². The Morgan fingerprint density at radius 2 is 2.00 bits per heavy atom. The molecule has 0 bridgehead atoms. The Bertz CT molecular complexity index is 1210. The first-order valence-corrected chi connectivity index (χ1v) is 12.0. The zero-order valence-electron chi connectivity index (χ0n) is 17.4. The lowest BCUT2D eigenvalue weighted by atomic mass is 10.2. The molecule has 4 N–H and O–H groups in total. The second-order valence-corrected chi connectivity index (χ2v) is 9.77. The normalized spacial score (nSPS) is 12.4. The second kappa shape index (κ2) is 10.3. The first-order chi connectivity index (χ1) is 15.2. The van der Waals surface area contributed by atoms with E-state index < -0.39 is 15.8 Å². The van der Waals surface area contributed by atoms with E-state index in [0.29, 0.717) is 27.1 Å². The predicted molar refractivity (Wildman–Crippen MR) is 125 cm³/mol. The molecule has 11 heteroatoms. The number of nitrogens with one attached hydrogen (secondary N) is 3. The second-order valence-electron chi connectivity index (χ2n) is 7.18. The van der Waals surface area contributed by atoms with E-state index in [1.165, 1.54) is 24.3 Å². The summed E-state index contributed by atoms with van der Waals surface area (Å²) in [6, 6.07) is 10.4. The molecule has 2 aromatic carbocycles. The van der Waals surface area contributed by atoms with Crippen molar-refractivity contribution in [2.75, 3.05) is 17.2 Å². The number of hydrogen-bond donors (Lipinski definition) is 4. The van der Waals surface area contributed by atoms with E-state index in [0.717, 1.165) is 0 Å². The standard InChI is InChI=1S/C21H23BrFN5O3S/c1-13-6-7-17(27-21-24-11-18(22)20(28-21)26-14(2)12-29)9-19(13)32(30,31)25-10-15-4-3-5-16(23)8-15/h3-9,11,14,25,29H,10,12H2,1-2H3,(H2,24,26,27,28)/t14-/m1/s1. The third-order valence-corrected chi connectivity index (χ3v) is 6.61. The van der Waals surface area contributed by atoms with Gasteiger partial charge in [0, 0.05) is 24.5 Å². The molecule has 0 spiro atoms. The average molecular weight is 524 g/mol. The van der Waals surface area contributed by atoms with Gasteiger partial charge in [0.05, 0.1) is 16.0 Å². The fraction of sp³-hybridized carbons (Fsp3) is 0.238. The van der Waals surface area contributed by atoms with Crippen LogP contribution in [-0.4, -0.2) is 36.1 Å². The molecule has 8 nitrogen and oxygen atoms in total. The Morgan fingerprint density at radius 1 is 1.22 bits per heavy atom. The highest BCUT2D eigenvalue weighted by atomic mass is 79.9. The largest absolute Gasteiger partial charge is 0.394 e. The van der Waals surface area contributed by atoms with E-state index in [4.69, 9.17) is 0 Å². The number of benzene rings is 2. The van der Waals surface area contributed by atoms with Crippen molar-refractivity contribution < 1.29 is 17.9 Å². The van der Waals surface area contributed by atoms with Crippen molar-refractivity contribution in [2.24, 2.45) is 0 Å². The number of anilines is 3. The summed E-state index contributed by atoms with van der Waals surface area (Å²) in [6.45, 7) is 3.39. The van der Waals surface area contributed by atoms with Crippen molar-refractivity contribution in [1.29, 1.82) is 0 Å². The summed E-state index contributed by atoms with van der Waals surface area (Å²) in [4.78, 5) is 8.64. The Balaban J connectivity index is 1.80. The van der Waals surface area contributed by atoms with Crippen LogP contribution in [0.4, 0.5) is 21.8 Å². The number of hydrogen-bond acceptors (Lipinski definition) is 7. The number of aryl methyl sites for hydroxylation is 1. The maximum absolute atomic E-state index is 13.4. The number of sulfonamides is 1. The van der Waals surface area contributed by atoms with E-state index in [9.17, 15) is 17.9 Å². The molecule has 0 unspecified atom stereocenters. The molecule has 170 valence electrons. The van der Waals surface area contributed by atoms with Crippen LogP contribution in [0.15, 0.2) is 58.0 Å². The topological polar surface area (TPSA) is 116 Å². The average Bonchev–Trinajstić information content (AvgIpc) is 2.76. The molecule has 0 saturated heterocycles. The molecule has 1 heterocycles. The summed E-state index contributed by atoms with van der Waals surface area (Å²) in [5, 5.41) is 15.3. The molecule has 3 aromatic rings. The number of aliphatic hydroxyl groups is 1. The van der Waals surface area contributed by atoms with Gasteiger partial charge < -0.3 is 15.7 Å². The van der Waals surface area contributed by atoms with Crippen molar-refractivity contribution in [2.45, 2.75) is 31.3 Å². The third-order valence-electron chi connectivity index (χ3n) is 4.49. The summed E-state index contributed by atoms with van der Waals surface area (Å²) >= 11 is 3.35. The summed E-state index contributed by atoms with van der Waals surface area (Å²) in [7, 11) is -3.85. The highest BCUT2D eigenvalue weighted by Gasteiger charge is 2.18. The molecular weight excluding hydrogens is 501 g/mol. The van der Waals surface area contributed by atoms with Crippen LogP contribution in [-0.2, 0) is 16.6 Å². The fourth-order valence-corrected chi connectivity index (χ4v) is 4.40. The monoisotopic (exact) mass is 523 g/mol. The lowest BCUT2D eigenvalue weighted by Gasteiger charge is -2.15. The zero-order valence-corrected chi connectivity index (χ0v) is 19.8. The van der Waals surface area contributed by atoms with Gasteiger partial charge in [0.15, 0.2) is 0 Å². The van der Waals surface area contributed by atoms with E-state index in [2.05, 4.69) is 41.3 Å². The Labute approximate surface area is 194 Å². The Morgan fingerprint density at radius 3 is 2.72 bits per heavy atom. The van der Waals surface area contributed by atoms with Gasteiger partial charge in [-0.1, -0.05) is 18.2 Å². The first-order valence-electron chi connectivity index (χ1n) is 9.69. The van der Waals surface area contributed by atoms with Crippen LogP contribution < -0.4 is 15.4 Å². The van der Waals surface area contributed by atoms with Crippen molar-refractivity contribution in [1.82, 2.24) is 14.7 Å². The Hall–Kier alpha value is -2.60. The first kappa shape index (κ1) is 24.1. The van der Waals surface area contributed by atoms with Crippen LogP contribution in [0.3, 0.4) is 0 Å². The van der Waals surface area contributed by atoms with Crippen LogP contribution in [0.2, 0.25) is 0 Å². The maximum atomic E-state index is 13.4. The third kappa shape index (κ3) is 6.22. The molecule has 32 heavy (non-hydrogen) atoms. The van der Waals surface area contributed by atoms with E-state index >= 15 is 0 Å². The van der Waals surface area contributed by atoms with E-state index in [1.807, 2.05) is 0 Å². The summed E-state index contributed by atoms with van der Waals surface area (Å²) < 4.78 is 42.2. The van der Waals surface area contributed by atoms with Crippen LogP contribution >= 0.6 is 15.9 Å². The summed E-state index contributed by atoms with van der Waals surface area (Å²) in [5.74, 6) is 0.308. The van der Waals surface area contributed by atoms with Crippen molar-refractivity contribution >= 4 is 43.4 Å². The molecule has 0 aliphatic rings. The van der Waals surface area contributed by atoms with Gasteiger partial charge >= 0.3 is 0 Å². The minimum atomic E-state index is -3.85. The Kier molecular flexibility index (Phi) is 7.77. The molecule has 1 atom stereocenters. The highest BCUT2D eigenvalue weighted by Crippen LogP contribution is 2.25. The minimum absolute atomic E-state index is 0.0366. The molecule has 0 aliphatic heterocycles. The minimum Gasteiger partial charge on any atom is -0.394 e.